The summed E-state index contributed by atoms with van der Waals surface area (Å²) in [5.41, 5.74) is -0.665. The molecule has 0 atom stereocenters. The normalized spacial score (nSPS) is 12.3. The van der Waals surface area contributed by atoms with Crippen LogP contribution in [-0.2, 0) is 18.3 Å². The maximum absolute atomic E-state index is 12.9. The number of amides is 1. The average Bonchev–Trinajstić information content (AvgIpc) is 2.36. The number of carbonyl (C=O) groups excluding carboxylic acids is 1. The number of carbonyl (C=O) groups is 1. The highest BCUT2D eigenvalue weighted by molar-refractivity contribution is 7.52. The predicted octanol–water partition coefficient (Wildman–Crippen LogP) is 4.98. The molecule has 7 heteroatoms. The Bertz CT molecular complexity index is 357. The zero-order valence-electron chi connectivity index (χ0n) is 14.9. The molecule has 0 saturated heterocycles. The molecule has 0 aliphatic carbocycles. The first-order valence-corrected chi connectivity index (χ1v) is 9.59. The van der Waals surface area contributed by atoms with Gasteiger partial charge < -0.3 is 4.74 Å². The first-order chi connectivity index (χ1) is 10.2. The van der Waals surface area contributed by atoms with Crippen molar-refractivity contribution in [2.24, 2.45) is 0 Å². The summed E-state index contributed by atoms with van der Waals surface area (Å²) in [4.78, 5) is 12.4. The topological polar surface area (TPSA) is 65.1 Å². The number of unbranched alkanes of at least 4 members (excludes halogenated alkanes) is 3. The minimum absolute atomic E-state index is 0.200. The minimum Gasteiger partial charge on any atom is -0.443 e. The Labute approximate surface area is 135 Å². The molecule has 0 heterocycles. The van der Waals surface area contributed by atoms with Gasteiger partial charge in [-0.2, -0.15) is 0 Å². The Morgan fingerprint density at radius 2 is 1.55 bits per heavy atom. The van der Waals surface area contributed by atoms with Crippen molar-refractivity contribution in [2.75, 3.05) is 19.8 Å². The Balaban J connectivity index is 5.10. The van der Waals surface area contributed by atoms with Crippen LogP contribution in [-0.4, -0.2) is 36.1 Å². The molecule has 0 aromatic heterocycles. The van der Waals surface area contributed by atoms with Gasteiger partial charge in [-0.25, -0.2) is 14.0 Å². The summed E-state index contributed by atoms with van der Waals surface area (Å²) >= 11 is 0. The van der Waals surface area contributed by atoms with Crippen molar-refractivity contribution in [3.63, 3.8) is 0 Å². The summed E-state index contributed by atoms with van der Waals surface area (Å²) in [5, 5.41) is 0. The maximum atomic E-state index is 12.9. The van der Waals surface area contributed by atoms with Crippen molar-refractivity contribution in [3.8, 4) is 0 Å². The fraction of sp³-hybridized carbons (Fsp3) is 0.933. The molecule has 0 aliphatic rings. The van der Waals surface area contributed by atoms with Gasteiger partial charge in [0, 0.05) is 6.54 Å². The molecule has 1 amide bonds. The molecule has 0 bridgehead atoms. The summed E-state index contributed by atoms with van der Waals surface area (Å²) in [6, 6.07) is 0. The minimum atomic E-state index is -3.66. The second kappa shape index (κ2) is 10.2. The number of hydrogen-bond acceptors (Lipinski definition) is 5. The second-order valence-corrected chi connectivity index (χ2v) is 7.90. The SMILES string of the molecule is CCCCCCN(C(=O)OC(C)(C)C)P(=O)(OCC)OCC. The van der Waals surface area contributed by atoms with E-state index >= 15 is 0 Å². The fourth-order valence-electron chi connectivity index (χ4n) is 1.82. The van der Waals surface area contributed by atoms with E-state index in [2.05, 4.69) is 6.92 Å². The monoisotopic (exact) mass is 337 g/mol. The van der Waals surface area contributed by atoms with E-state index < -0.39 is 19.4 Å². The number of ether oxygens (including phenoxy) is 1. The van der Waals surface area contributed by atoms with Gasteiger partial charge in [-0.05, 0) is 41.0 Å². The van der Waals surface area contributed by atoms with Crippen LogP contribution in [0.2, 0.25) is 0 Å². The average molecular weight is 337 g/mol. The third-order valence-corrected chi connectivity index (χ3v) is 4.83. The summed E-state index contributed by atoms with van der Waals surface area (Å²) in [7, 11) is -3.66. The molecule has 6 nitrogen and oxygen atoms in total. The van der Waals surface area contributed by atoms with Gasteiger partial charge in [-0.15, -0.1) is 0 Å². The van der Waals surface area contributed by atoms with Crippen molar-refractivity contribution < 1.29 is 23.1 Å². The van der Waals surface area contributed by atoms with E-state index in [9.17, 15) is 9.36 Å². The predicted molar refractivity (Wildman–Crippen MR) is 87.9 cm³/mol. The van der Waals surface area contributed by atoms with E-state index in [-0.39, 0.29) is 13.2 Å². The van der Waals surface area contributed by atoms with Crippen LogP contribution in [0.25, 0.3) is 0 Å². The zero-order chi connectivity index (χ0) is 17.2. The Kier molecular flexibility index (Phi) is 9.97. The van der Waals surface area contributed by atoms with Crippen LogP contribution in [0.5, 0.6) is 0 Å². The summed E-state index contributed by atoms with van der Waals surface area (Å²) < 4.78 is 29.9. The molecule has 0 aromatic rings. The molecular weight excluding hydrogens is 305 g/mol. The van der Waals surface area contributed by atoms with E-state index in [4.69, 9.17) is 13.8 Å². The molecule has 0 fully saturated rings. The molecule has 0 unspecified atom stereocenters. The molecule has 0 aliphatic heterocycles. The zero-order valence-corrected chi connectivity index (χ0v) is 15.8. The van der Waals surface area contributed by atoms with Gasteiger partial charge >= 0.3 is 13.8 Å². The molecule has 0 spiro atoms. The van der Waals surface area contributed by atoms with Gasteiger partial charge in [0.05, 0.1) is 13.2 Å². The van der Waals surface area contributed by atoms with Crippen LogP contribution < -0.4 is 0 Å². The summed E-state index contributed by atoms with van der Waals surface area (Å²) in [6.45, 7) is 11.6. The lowest BCUT2D eigenvalue weighted by molar-refractivity contribution is 0.0316. The van der Waals surface area contributed by atoms with Crippen LogP contribution in [0, 0.1) is 0 Å². The lowest BCUT2D eigenvalue weighted by Gasteiger charge is -2.31. The molecule has 0 saturated carbocycles. The summed E-state index contributed by atoms with van der Waals surface area (Å²) in [5.74, 6) is 0. The highest BCUT2D eigenvalue weighted by Gasteiger charge is 2.39. The van der Waals surface area contributed by atoms with Crippen molar-refractivity contribution in [3.05, 3.63) is 0 Å². The van der Waals surface area contributed by atoms with Gasteiger partial charge in [0.15, 0.2) is 0 Å². The smallest absolute Gasteiger partial charge is 0.440 e. The van der Waals surface area contributed by atoms with Crippen LogP contribution in [0.1, 0.15) is 67.2 Å². The highest BCUT2D eigenvalue weighted by Crippen LogP contribution is 2.52. The van der Waals surface area contributed by atoms with Crippen LogP contribution in [0.15, 0.2) is 0 Å². The van der Waals surface area contributed by atoms with Gasteiger partial charge in [0.2, 0.25) is 0 Å². The second-order valence-electron chi connectivity index (χ2n) is 5.97. The molecule has 0 aromatic carbocycles. The third-order valence-electron chi connectivity index (χ3n) is 2.71. The first kappa shape index (κ1) is 21.4. The Hall–Kier alpha value is -0.580. The van der Waals surface area contributed by atoms with Crippen molar-refractivity contribution >= 4 is 13.8 Å². The first-order valence-electron chi connectivity index (χ1n) is 8.10. The standard InChI is InChI=1S/C15H32NO5P/c1-7-10-11-12-13-16(14(17)21-15(4,5)6)22(18,19-8-2)20-9-3/h7-13H2,1-6H3. The van der Waals surface area contributed by atoms with Crippen LogP contribution in [0.4, 0.5) is 4.79 Å². The van der Waals surface area contributed by atoms with E-state index in [1.165, 1.54) is 0 Å². The molecule has 0 rings (SSSR count). The van der Waals surface area contributed by atoms with Crippen LogP contribution >= 0.6 is 7.75 Å². The lowest BCUT2D eigenvalue weighted by Crippen LogP contribution is -2.36. The summed E-state index contributed by atoms with van der Waals surface area (Å²) in [6.07, 6.45) is 3.18. The highest BCUT2D eigenvalue weighted by atomic mass is 31.2. The van der Waals surface area contributed by atoms with Crippen molar-refractivity contribution in [1.82, 2.24) is 4.67 Å². The van der Waals surface area contributed by atoms with Crippen LogP contribution in [0.3, 0.4) is 0 Å². The fourth-order valence-corrected chi connectivity index (χ4v) is 3.45. The van der Waals surface area contributed by atoms with E-state index in [0.717, 1.165) is 30.4 Å². The van der Waals surface area contributed by atoms with Crippen molar-refractivity contribution in [2.45, 2.75) is 72.8 Å². The van der Waals surface area contributed by atoms with E-state index in [1.807, 2.05) is 0 Å². The molecule has 0 radical (unpaired) electrons. The quantitative estimate of drug-likeness (QED) is 0.415. The number of rotatable bonds is 10. The Morgan fingerprint density at radius 3 is 1.95 bits per heavy atom. The van der Waals surface area contributed by atoms with Gasteiger partial charge in [-0.3, -0.25) is 9.05 Å². The maximum Gasteiger partial charge on any atom is 0.440 e. The lowest BCUT2D eigenvalue weighted by atomic mass is 10.2. The van der Waals surface area contributed by atoms with Crippen molar-refractivity contribution in [1.29, 1.82) is 0 Å². The molecule has 22 heavy (non-hydrogen) atoms. The molecule has 0 N–H and O–H groups in total. The van der Waals surface area contributed by atoms with Gasteiger partial charge in [-0.1, -0.05) is 26.2 Å². The van der Waals surface area contributed by atoms with Gasteiger partial charge in [0.25, 0.3) is 0 Å². The molecule has 132 valence electrons. The van der Waals surface area contributed by atoms with E-state index in [1.54, 1.807) is 34.6 Å². The number of hydrogen-bond donors (Lipinski definition) is 0. The Morgan fingerprint density at radius 1 is 1.00 bits per heavy atom. The molecular formula is C15H32NO5P. The van der Waals surface area contributed by atoms with E-state index in [0.29, 0.717) is 6.54 Å². The third kappa shape index (κ3) is 8.16. The largest absolute Gasteiger partial charge is 0.443 e. The number of nitrogens with zero attached hydrogens (tertiary/aromatic N) is 1. The van der Waals surface area contributed by atoms with Gasteiger partial charge in [0.1, 0.15) is 5.60 Å².